The van der Waals surface area contributed by atoms with Crippen molar-refractivity contribution in [3.05, 3.63) is 41.5 Å². The van der Waals surface area contributed by atoms with E-state index in [-0.39, 0.29) is 25.0 Å². The molecular weight excluding hydrogens is 328 g/mol. The van der Waals surface area contributed by atoms with Crippen molar-refractivity contribution in [3.63, 3.8) is 0 Å². The normalized spacial score (nSPS) is 14.0. The molecule has 5 heteroatoms. The molecular formula is C21H30N2O3. The van der Waals surface area contributed by atoms with Crippen molar-refractivity contribution < 1.29 is 14.3 Å². The molecule has 0 unspecified atom stereocenters. The lowest BCUT2D eigenvalue weighted by Crippen LogP contribution is -2.30. The average Bonchev–Trinajstić information content (AvgIpc) is 2.63. The molecule has 1 aliphatic rings. The van der Waals surface area contributed by atoms with Crippen LogP contribution in [0.15, 0.2) is 35.9 Å². The number of rotatable bonds is 9. The second-order valence-corrected chi connectivity index (χ2v) is 7.03. The van der Waals surface area contributed by atoms with E-state index in [9.17, 15) is 9.59 Å². The maximum Gasteiger partial charge on any atom is 0.250 e. The maximum atomic E-state index is 11.9. The predicted molar refractivity (Wildman–Crippen MR) is 104 cm³/mol. The Hall–Kier alpha value is -2.14. The fourth-order valence-corrected chi connectivity index (χ4v) is 2.93. The number of benzene rings is 1. The summed E-state index contributed by atoms with van der Waals surface area (Å²) in [6, 6.07) is 7.74. The number of hydrogen-bond acceptors (Lipinski definition) is 3. The smallest absolute Gasteiger partial charge is 0.250 e. The van der Waals surface area contributed by atoms with Crippen LogP contribution >= 0.6 is 0 Å². The Morgan fingerprint density at radius 3 is 2.46 bits per heavy atom. The number of allylic oxidation sites excluding steroid dienone is 1. The molecule has 0 heterocycles. The van der Waals surface area contributed by atoms with Crippen LogP contribution in [0.1, 0.15) is 57.4 Å². The monoisotopic (exact) mass is 358 g/mol. The fourth-order valence-electron chi connectivity index (χ4n) is 2.93. The zero-order valence-corrected chi connectivity index (χ0v) is 15.8. The van der Waals surface area contributed by atoms with Crippen LogP contribution in [0.4, 0.5) is 5.69 Å². The quantitative estimate of drug-likeness (QED) is 0.660. The largest absolute Gasteiger partial charge is 0.362 e. The number of carbonyl (C=O) groups excluding carboxylic acids is 2. The highest BCUT2D eigenvalue weighted by molar-refractivity contribution is 5.91. The summed E-state index contributed by atoms with van der Waals surface area (Å²) in [6.07, 6.45) is 8.00. The van der Waals surface area contributed by atoms with E-state index < -0.39 is 0 Å². The van der Waals surface area contributed by atoms with E-state index in [1.165, 1.54) is 24.0 Å². The van der Waals surface area contributed by atoms with E-state index in [1.54, 1.807) is 0 Å². The Balaban J connectivity index is 1.58. The number of anilines is 1. The van der Waals surface area contributed by atoms with Gasteiger partial charge in [0.15, 0.2) is 0 Å². The molecule has 0 saturated carbocycles. The van der Waals surface area contributed by atoms with Crippen LogP contribution in [0.2, 0.25) is 0 Å². The van der Waals surface area contributed by atoms with Crippen molar-refractivity contribution in [2.24, 2.45) is 0 Å². The van der Waals surface area contributed by atoms with Crippen molar-refractivity contribution in [1.29, 1.82) is 0 Å². The molecule has 2 N–H and O–H groups in total. The van der Waals surface area contributed by atoms with Gasteiger partial charge in [-0.1, -0.05) is 37.6 Å². The molecule has 5 nitrogen and oxygen atoms in total. The van der Waals surface area contributed by atoms with Crippen molar-refractivity contribution in [2.75, 3.05) is 25.1 Å². The molecule has 0 saturated heterocycles. The Labute approximate surface area is 156 Å². The van der Waals surface area contributed by atoms with E-state index in [0.29, 0.717) is 12.5 Å². The van der Waals surface area contributed by atoms with E-state index in [4.69, 9.17) is 4.74 Å². The van der Waals surface area contributed by atoms with Gasteiger partial charge in [0.2, 0.25) is 11.8 Å². The second kappa shape index (κ2) is 10.8. The molecule has 0 fully saturated rings. The minimum atomic E-state index is -0.262. The molecule has 2 amide bonds. The average molecular weight is 358 g/mol. The van der Waals surface area contributed by atoms with Crippen LogP contribution in [0.25, 0.3) is 0 Å². The number of ether oxygens (including phenoxy) is 1. The van der Waals surface area contributed by atoms with Crippen LogP contribution in [0.5, 0.6) is 0 Å². The molecule has 0 bridgehead atoms. The van der Waals surface area contributed by atoms with Crippen LogP contribution in [0, 0.1) is 0 Å². The third kappa shape index (κ3) is 7.40. The second-order valence-electron chi connectivity index (χ2n) is 7.03. The fraction of sp³-hybridized carbons (Fsp3) is 0.524. The van der Waals surface area contributed by atoms with Gasteiger partial charge < -0.3 is 15.4 Å². The molecule has 2 rings (SSSR count). The molecule has 0 spiro atoms. The molecule has 1 aliphatic carbocycles. The minimum absolute atomic E-state index is 0.0985. The van der Waals surface area contributed by atoms with E-state index in [0.717, 1.165) is 24.9 Å². The van der Waals surface area contributed by atoms with Crippen molar-refractivity contribution in [3.8, 4) is 0 Å². The van der Waals surface area contributed by atoms with Gasteiger partial charge in [-0.3, -0.25) is 9.59 Å². The van der Waals surface area contributed by atoms with E-state index in [1.807, 2.05) is 24.3 Å². The summed E-state index contributed by atoms with van der Waals surface area (Å²) in [5.41, 5.74) is 3.38. The number of nitrogens with one attached hydrogen (secondary N) is 2. The van der Waals surface area contributed by atoms with Gasteiger partial charge in [-0.2, -0.15) is 0 Å². The number of hydrogen-bond donors (Lipinski definition) is 2. The molecule has 1 aromatic carbocycles. The van der Waals surface area contributed by atoms with Gasteiger partial charge in [-0.05, 0) is 55.7 Å². The Kier molecular flexibility index (Phi) is 8.35. The van der Waals surface area contributed by atoms with E-state index >= 15 is 0 Å². The Morgan fingerprint density at radius 1 is 1.08 bits per heavy atom. The molecule has 1 aromatic rings. The van der Waals surface area contributed by atoms with Gasteiger partial charge in [0, 0.05) is 12.2 Å². The zero-order valence-electron chi connectivity index (χ0n) is 15.8. The predicted octanol–water partition coefficient (Wildman–Crippen LogP) is 3.77. The molecule has 0 aromatic heterocycles. The first kappa shape index (κ1) is 20.2. The summed E-state index contributed by atoms with van der Waals surface area (Å²) < 4.78 is 5.20. The molecule has 142 valence electrons. The lowest BCUT2D eigenvalue weighted by atomic mass is 9.97. The number of amides is 2. The Bertz CT molecular complexity index is 621. The highest BCUT2D eigenvalue weighted by Gasteiger charge is 2.08. The lowest BCUT2D eigenvalue weighted by molar-refractivity contribution is -0.128. The maximum absolute atomic E-state index is 11.9. The molecule has 26 heavy (non-hydrogen) atoms. The third-order valence-corrected chi connectivity index (χ3v) is 4.48. The molecule has 0 radical (unpaired) electrons. The van der Waals surface area contributed by atoms with Gasteiger partial charge in [-0.25, -0.2) is 0 Å². The lowest BCUT2D eigenvalue weighted by Gasteiger charge is -2.13. The first-order valence-corrected chi connectivity index (χ1v) is 9.47. The van der Waals surface area contributed by atoms with E-state index in [2.05, 4.69) is 30.6 Å². The topological polar surface area (TPSA) is 67.4 Å². The van der Waals surface area contributed by atoms with Crippen LogP contribution in [-0.2, 0) is 14.3 Å². The summed E-state index contributed by atoms with van der Waals surface area (Å²) in [4.78, 5) is 23.6. The summed E-state index contributed by atoms with van der Waals surface area (Å²) >= 11 is 0. The number of carbonyl (C=O) groups is 2. The first-order chi connectivity index (χ1) is 12.5. The SMILES string of the molecule is CC(C)c1ccc(NC(=O)COCC(=O)NCCC2=CCCCC2)cc1. The Morgan fingerprint density at radius 2 is 1.81 bits per heavy atom. The van der Waals surface area contributed by atoms with Crippen LogP contribution < -0.4 is 10.6 Å². The van der Waals surface area contributed by atoms with Gasteiger partial charge in [0.25, 0.3) is 0 Å². The first-order valence-electron chi connectivity index (χ1n) is 9.47. The van der Waals surface area contributed by atoms with Gasteiger partial charge in [-0.15, -0.1) is 0 Å². The highest BCUT2D eigenvalue weighted by atomic mass is 16.5. The van der Waals surface area contributed by atoms with Crippen molar-refractivity contribution in [2.45, 2.75) is 51.9 Å². The summed E-state index contributed by atoms with van der Waals surface area (Å²) in [6.45, 7) is 4.64. The van der Waals surface area contributed by atoms with Gasteiger partial charge in [0.1, 0.15) is 13.2 Å². The zero-order chi connectivity index (χ0) is 18.8. The van der Waals surface area contributed by atoms with Crippen LogP contribution in [-0.4, -0.2) is 31.6 Å². The molecule has 0 aliphatic heterocycles. The summed E-state index contributed by atoms with van der Waals surface area (Å²) in [5, 5.41) is 5.60. The standard InChI is InChI=1S/C21H30N2O3/c1-16(2)18-8-10-19(11-9-18)23-21(25)15-26-14-20(24)22-13-12-17-6-4-3-5-7-17/h6,8-11,16H,3-5,7,12-15H2,1-2H3,(H,22,24)(H,23,25). The van der Waals surface area contributed by atoms with Gasteiger partial charge in [0.05, 0.1) is 0 Å². The minimum Gasteiger partial charge on any atom is -0.362 e. The molecule has 0 atom stereocenters. The highest BCUT2D eigenvalue weighted by Crippen LogP contribution is 2.19. The third-order valence-electron chi connectivity index (χ3n) is 4.48. The summed E-state index contributed by atoms with van der Waals surface area (Å²) in [7, 11) is 0. The van der Waals surface area contributed by atoms with Crippen molar-refractivity contribution >= 4 is 17.5 Å². The summed E-state index contributed by atoms with van der Waals surface area (Å²) in [5.74, 6) is 0.00829. The van der Waals surface area contributed by atoms with Crippen molar-refractivity contribution in [1.82, 2.24) is 5.32 Å². The van der Waals surface area contributed by atoms with Crippen LogP contribution in [0.3, 0.4) is 0 Å². The van der Waals surface area contributed by atoms with Gasteiger partial charge >= 0.3 is 0 Å².